The molecular formula is C46H86O4. The number of rotatable bonds is 41. The lowest BCUT2D eigenvalue weighted by molar-refractivity contribution is -0.150. The number of hydrogen-bond donors (Lipinski definition) is 1. The highest BCUT2D eigenvalue weighted by Gasteiger charge is 2.14. The Kier molecular flexibility index (Phi) is 40.5. The Morgan fingerprint density at radius 3 is 1.22 bits per heavy atom. The minimum absolute atomic E-state index is 0.00296. The van der Waals surface area contributed by atoms with Gasteiger partial charge in [0, 0.05) is 12.8 Å². The molecule has 294 valence electrons. The molecule has 0 radical (unpaired) electrons. The van der Waals surface area contributed by atoms with Gasteiger partial charge in [-0.3, -0.25) is 9.59 Å². The molecule has 0 aliphatic rings. The summed E-state index contributed by atoms with van der Waals surface area (Å²) in [5.74, 6) is -0.695. The van der Waals surface area contributed by atoms with Crippen molar-refractivity contribution >= 4 is 11.9 Å². The summed E-state index contributed by atoms with van der Waals surface area (Å²) in [6.07, 6.45) is 53.5. The molecule has 50 heavy (non-hydrogen) atoms. The van der Waals surface area contributed by atoms with Crippen LogP contribution < -0.4 is 0 Å². The van der Waals surface area contributed by atoms with Gasteiger partial charge in [-0.15, -0.1) is 0 Å². The second-order valence-corrected chi connectivity index (χ2v) is 15.2. The monoisotopic (exact) mass is 703 g/mol. The molecule has 0 rings (SSSR count). The number of unbranched alkanes of at least 4 members (excludes halogenated alkanes) is 28. The molecule has 1 atom stereocenters. The van der Waals surface area contributed by atoms with Crippen LogP contribution in [0.1, 0.15) is 251 Å². The van der Waals surface area contributed by atoms with Gasteiger partial charge in [-0.05, 0) is 70.6 Å². The Labute approximate surface area is 312 Å². The minimum Gasteiger partial charge on any atom is -0.481 e. The van der Waals surface area contributed by atoms with Crippen LogP contribution >= 0.6 is 0 Å². The van der Waals surface area contributed by atoms with Crippen molar-refractivity contribution < 1.29 is 19.4 Å². The van der Waals surface area contributed by atoms with E-state index in [1.165, 1.54) is 154 Å². The van der Waals surface area contributed by atoms with Crippen LogP contribution in [0.25, 0.3) is 0 Å². The zero-order chi connectivity index (χ0) is 36.4. The molecule has 0 spiro atoms. The zero-order valence-electron chi connectivity index (χ0n) is 33.7. The number of carboxylic acid groups (broad SMARTS) is 1. The van der Waals surface area contributed by atoms with Gasteiger partial charge in [0.15, 0.2) is 0 Å². The number of carboxylic acids is 1. The van der Waals surface area contributed by atoms with Gasteiger partial charge in [0.05, 0.1) is 0 Å². The average molecular weight is 703 g/mol. The molecule has 0 aromatic carbocycles. The van der Waals surface area contributed by atoms with E-state index in [0.717, 1.165) is 70.6 Å². The molecule has 0 aliphatic carbocycles. The van der Waals surface area contributed by atoms with E-state index >= 15 is 0 Å². The summed E-state index contributed by atoms with van der Waals surface area (Å²) in [7, 11) is 0. The molecule has 1 N–H and O–H groups in total. The second kappa shape index (κ2) is 41.8. The first kappa shape index (κ1) is 48.4. The lowest BCUT2D eigenvalue weighted by Crippen LogP contribution is -2.18. The van der Waals surface area contributed by atoms with Crippen LogP contribution in [0.5, 0.6) is 0 Å². The van der Waals surface area contributed by atoms with Crippen molar-refractivity contribution in [2.24, 2.45) is 0 Å². The minimum atomic E-state index is -0.698. The maximum Gasteiger partial charge on any atom is 0.306 e. The highest BCUT2D eigenvalue weighted by Crippen LogP contribution is 2.19. The number of allylic oxidation sites excluding steroid dienone is 4. The molecule has 0 saturated carbocycles. The summed E-state index contributed by atoms with van der Waals surface area (Å²) in [5, 5.41) is 8.84. The Morgan fingerprint density at radius 2 is 0.780 bits per heavy atom. The fourth-order valence-electron chi connectivity index (χ4n) is 6.86. The second-order valence-electron chi connectivity index (χ2n) is 15.2. The van der Waals surface area contributed by atoms with E-state index in [4.69, 9.17) is 9.84 Å². The molecule has 0 saturated heterocycles. The molecule has 0 aromatic heterocycles. The van der Waals surface area contributed by atoms with Gasteiger partial charge in [0.2, 0.25) is 0 Å². The summed E-state index contributed by atoms with van der Waals surface area (Å²) < 4.78 is 6.03. The zero-order valence-corrected chi connectivity index (χ0v) is 33.7. The molecule has 0 aliphatic heterocycles. The molecule has 0 fully saturated rings. The molecule has 4 heteroatoms. The van der Waals surface area contributed by atoms with Gasteiger partial charge in [0.25, 0.3) is 0 Å². The highest BCUT2D eigenvalue weighted by molar-refractivity contribution is 5.69. The van der Waals surface area contributed by atoms with E-state index in [2.05, 4.69) is 38.2 Å². The lowest BCUT2D eigenvalue weighted by atomic mass is 10.0. The quantitative estimate of drug-likeness (QED) is 0.0391. The molecule has 0 heterocycles. The largest absolute Gasteiger partial charge is 0.481 e. The maximum absolute atomic E-state index is 12.7. The van der Waals surface area contributed by atoms with Crippen LogP contribution in [0.4, 0.5) is 0 Å². The Bertz CT molecular complexity index is 757. The highest BCUT2D eigenvalue weighted by atomic mass is 16.5. The standard InChI is InChI=1S/C46H86O4/c1-3-5-7-9-11-13-15-17-18-19-20-21-22-24-26-28-30-35-39-43-46(49)50-44(41-37-33-31-34-38-42-45(47)48)40-36-32-29-27-25-23-16-14-12-10-8-6-4-2/h11,13,17-18,44H,3-10,12,14-16,19-43H2,1-2H3,(H,47,48)/b13-11-,18-17-. The van der Waals surface area contributed by atoms with Gasteiger partial charge in [-0.1, -0.05) is 192 Å². The Morgan fingerprint density at radius 1 is 0.440 bits per heavy atom. The van der Waals surface area contributed by atoms with Crippen molar-refractivity contribution in [3.05, 3.63) is 24.3 Å². The normalized spacial score (nSPS) is 12.4. The van der Waals surface area contributed by atoms with Crippen LogP contribution in [0.3, 0.4) is 0 Å². The summed E-state index contributed by atoms with van der Waals surface area (Å²) >= 11 is 0. The third kappa shape index (κ3) is 40.8. The SMILES string of the molecule is CCCCC/C=C\C/C=C\CCCCCCCCCCCC(=O)OC(CCCCCCCCCCCCCCC)CCCCCCCC(=O)O. The first-order chi connectivity index (χ1) is 24.6. The van der Waals surface area contributed by atoms with Crippen molar-refractivity contribution in [2.75, 3.05) is 0 Å². The van der Waals surface area contributed by atoms with Gasteiger partial charge in [0.1, 0.15) is 6.10 Å². The molecule has 1 unspecified atom stereocenters. The number of esters is 1. The van der Waals surface area contributed by atoms with Crippen LogP contribution in [-0.4, -0.2) is 23.1 Å². The van der Waals surface area contributed by atoms with Crippen molar-refractivity contribution in [1.82, 2.24) is 0 Å². The third-order valence-corrected chi connectivity index (χ3v) is 10.2. The number of hydrogen-bond acceptors (Lipinski definition) is 3. The molecule has 0 bridgehead atoms. The first-order valence-corrected chi connectivity index (χ1v) is 22.3. The van der Waals surface area contributed by atoms with E-state index in [9.17, 15) is 9.59 Å². The van der Waals surface area contributed by atoms with Crippen LogP contribution in [0, 0.1) is 0 Å². The Hall–Kier alpha value is -1.58. The van der Waals surface area contributed by atoms with E-state index in [1.54, 1.807) is 0 Å². The maximum atomic E-state index is 12.7. The number of carbonyl (C=O) groups is 2. The average Bonchev–Trinajstić information content (AvgIpc) is 3.10. The molecule has 0 amide bonds. The fourth-order valence-corrected chi connectivity index (χ4v) is 6.86. The number of aliphatic carboxylic acids is 1. The van der Waals surface area contributed by atoms with Crippen molar-refractivity contribution in [2.45, 2.75) is 258 Å². The summed E-state index contributed by atoms with van der Waals surface area (Å²) in [4.78, 5) is 23.5. The topological polar surface area (TPSA) is 63.6 Å². The van der Waals surface area contributed by atoms with Crippen LogP contribution in [-0.2, 0) is 14.3 Å². The first-order valence-electron chi connectivity index (χ1n) is 22.3. The van der Waals surface area contributed by atoms with E-state index in [-0.39, 0.29) is 18.5 Å². The molecular weight excluding hydrogens is 617 g/mol. The van der Waals surface area contributed by atoms with Crippen molar-refractivity contribution in [3.63, 3.8) is 0 Å². The van der Waals surface area contributed by atoms with Gasteiger partial charge in [-0.25, -0.2) is 0 Å². The summed E-state index contributed by atoms with van der Waals surface area (Å²) in [5.41, 5.74) is 0. The van der Waals surface area contributed by atoms with E-state index in [1.807, 2.05) is 0 Å². The van der Waals surface area contributed by atoms with E-state index in [0.29, 0.717) is 6.42 Å². The predicted molar refractivity (Wildman–Crippen MR) is 218 cm³/mol. The fraction of sp³-hybridized carbons (Fsp3) is 0.870. The van der Waals surface area contributed by atoms with Crippen LogP contribution in [0.2, 0.25) is 0 Å². The smallest absolute Gasteiger partial charge is 0.306 e. The van der Waals surface area contributed by atoms with Gasteiger partial charge in [-0.2, -0.15) is 0 Å². The van der Waals surface area contributed by atoms with Crippen molar-refractivity contribution in [1.29, 1.82) is 0 Å². The molecule has 0 aromatic rings. The molecule has 4 nitrogen and oxygen atoms in total. The number of carbonyl (C=O) groups excluding carboxylic acids is 1. The third-order valence-electron chi connectivity index (χ3n) is 10.2. The van der Waals surface area contributed by atoms with E-state index < -0.39 is 5.97 Å². The summed E-state index contributed by atoms with van der Waals surface area (Å²) in [6, 6.07) is 0. The summed E-state index contributed by atoms with van der Waals surface area (Å²) in [6.45, 7) is 4.54. The van der Waals surface area contributed by atoms with Gasteiger partial charge < -0.3 is 9.84 Å². The predicted octanol–water partition coefficient (Wildman–Crippen LogP) is 15.6. The van der Waals surface area contributed by atoms with Crippen LogP contribution in [0.15, 0.2) is 24.3 Å². The van der Waals surface area contributed by atoms with Crippen molar-refractivity contribution in [3.8, 4) is 0 Å². The van der Waals surface area contributed by atoms with Gasteiger partial charge >= 0.3 is 11.9 Å². The Balaban J connectivity index is 3.96. The lowest BCUT2D eigenvalue weighted by Gasteiger charge is -2.18. The number of ether oxygens (including phenoxy) is 1.